The van der Waals surface area contributed by atoms with E-state index in [4.69, 9.17) is 5.26 Å². The van der Waals surface area contributed by atoms with Crippen molar-refractivity contribution < 1.29 is 9.90 Å². The molecule has 1 aliphatic rings. The second-order valence-corrected chi connectivity index (χ2v) is 7.19. The number of aliphatic hydroxyl groups is 1. The van der Waals surface area contributed by atoms with Gasteiger partial charge in [-0.2, -0.15) is 5.26 Å². The summed E-state index contributed by atoms with van der Waals surface area (Å²) in [5, 5.41) is 25.1. The summed E-state index contributed by atoms with van der Waals surface area (Å²) in [6, 6.07) is 19.0. The summed E-state index contributed by atoms with van der Waals surface area (Å²) in [4.78, 5) is 12.9. The number of aliphatic hydroxyl groups excluding tert-OH is 1. The number of nitriles is 1. The standard InChI is InChI=1S/C22H25N3O2/c1-15(26)11-19-14-24-21(20(19)18-5-3-2-4-6-18)22(27)25-13-17-9-7-16(12-23)8-10-17/h2-10,15,19-21,24,26H,11,13-14H2,1H3,(H,25,27)/t15?,19?,20?,21-/m0/s1. The van der Waals surface area contributed by atoms with Crippen LogP contribution in [0.1, 0.15) is 36.0 Å². The van der Waals surface area contributed by atoms with E-state index in [0.717, 1.165) is 11.1 Å². The highest BCUT2D eigenvalue weighted by atomic mass is 16.3. The molecule has 0 spiro atoms. The third kappa shape index (κ3) is 4.73. The van der Waals surface area contributed by atoms with E-state index < -0.39 is 6.10 Å². The second kappa shape index (κ2) is 8.81. The number of hydrogen-bond donors (Lipinski definition) is 3. The van der Waals surface area contributed by atoms with Crippen molar-refractivity contribution in [3.8, 4) is 6.07 Å². The smallest absolute Gasteiger partial charge is 0.238 e. The number of carbonyl (C=O) groups is 1. The van der Waals surface area contributed by atoms with E-state index in [2.05, 4.69) is 16.7 Å². The molecule has 2 aromatic rings. The Labute approximate surface area is 160 Å². The van der Waals surface area contributed by atoms with Crippen LogP contribution in [0, 0.1) is 17.2 Å². The van der Waals surface area contributed by atoms with Crippen molar-refractivity contribution in [1.82, 2.24) is 10.6 Å². The summed E-state index contributed by atoms with van der Waals surface area (Å²) in [5.41, 5.74) is 2.68. The van der Waals surface area contributed by atoms with Crippen LogP contribution in [0.25, 0.3) is 0 Å². The lowest BCUT2D eigenvalue weighted by atomic mass is 9.81. The van der Waals surface area contributed by atoms with Crippen molar-refractivity contribution in [2.75, 3.05) is 6.54 Å². The number of hydrogen-bond acceptors (Lipinski definition) is 4. The maximum absolute atomic E-state index is 12.9. The van der Waals surface area contributed by atoms with E-state index in [-0.39, 0.29) is 23.8 Å². The Hall–Kier alpha value is -2.68. The molecule has 0 aliphatic carbocycles. The zero-order valence-corrected chi connectivity index (χ0v) is 15.4. The first-order chi connectivity index (χ1) is 13.1. The highest BCUT2D eigenvalue weighted by Gasteiger charge is 2.40. The minimum Gasteiger partial charge on any atom is -0.393 e. The van der Waals surface area contributed by atoms with Gasteiger partial charge in [0.25, 0.3) is 0 Å². The van der Waals surface area contributed by atoms with Gasteiger partial charge in [0.2, 0.25) is 5.91 Å². The van der Waals surface area contributed by atoms with Crippen LogP contribution in [-0.2, 0) is 11.3 Å². The molecule has 4 atom stereocenters. The Morgan fingerprint density at radius 1 is 1.26 bits per heavy atom. The Bertz CT molecular complexity index is 797. The van der Waals surface area contributed by atoms with Gasteiger partial charge in [-0.1, -0.05) is 42.5 Å². The van der Waals surface area contributed by atoms with E-state index >= 15 is 0 Å². The maximum Gasteiger partial charge on any atom is 0.238 e. The molecule has 5 heteroatoms. The highest BCUT2D eigenvalue weighted by molar-refractivity contribution is 5.83. The molecule has 27 heavy (non-hydrogen) atoms. The molecule has 1 amide bonds. The Kier molecular flexibility index (Phi) is 6.23. The fourth-order valence-electron chi connectivity index (χ4n) is 3.86. The van der Waals surface area contributed by atoms with Gasteiger partial charge in [-0.15, -0.1) is 0 Å². The van der Waals surface area contributed by atoms with Gasteiger partial charge in [0, 0.05) is 12.5 Å². The van der Waals surface area contributed by atoms with Crippen LogP contribution in [0.4, 0.5) is 0 Å². The number of benzene rings is 2. The summed E-state index contributed by atoms with van der Waals surface area (Å²) in [6.07, 6.45) is 0.259. The molecule has 0 bridgehead atoms. The summed E-state index contributed by atoms with van der Waals surface area (Å²) in [7, 11) is 0. The van der Waals surface area contributed by atoms with Gasteiger partial charge >= 0.3 is 0 Å². The van der Waals surface area contributed by atoms with Gasteiger partial charge in [-0.3, -0.25) is 4.79 Å². The SMILES string of the molecule is CC(O)CC1CN[C@H](C(=O)NCc2ccc(C#N)cc2)C1c1ccccc1. The van der Waals surface area contributed by atoms with Crippen molar-refractivity contribution in [1.29, 1.82) is 5.26 Å². The normalized spacial score (nSPS) is 22.8. The predicted octanol–water partition coefficient (Wildman–Crippen LogP) is 2.32. The zero-order chi connectivity index (χ0) is 19.2. The van der Waals surface area contributed by atoms with Crippen molar-refractivity contribution in [2.24, 2.45) is 5.92 Å². The van der Waals surface area contributed by atoms with Crippen LogP contribution >= 0.6 is 0 Å². The third-order valence-corrected chi connectivity index (χ3v) is 5.13. The van der Waals surface area contributed by atoms with Gasteiger partial charge in [0.05, 0.1) is 23.8 Å². The number of nitrogens with zero attached hydrogens (tertiary/aromatic N) is 1. The number of amides is 1. The lowest BCUT2D eigenvalue weighted by Crippen LogP contribution is -2.43. The van der Waals surface area contributed by atoms with E-state index in [1.165, 1.54) is 0 Å². The summed E-state index contributed by atoms with van der Waals surface area (Å²) < 4.78 is 0. The molecular weight excluding hydrogens is 338 g/mol. The summed E-state index contributed by atoms with van der Waals surface area (Å²) >= 11 is 0. The fraction of sp³-hybridized carbons (Fsp3) is 0.364. The Morgan fingerprint density at radius 2 is 1.96 bits per heavy atom. The van der Waals surface area contributed by atoms with Gasteiger partial charge in [0.1, 0.15) is 0 Å². The van der Waals surface area contributed by atoms with E-state index in [1.807, 2.05) is 42.5 Å². The number of nitrogens with one attached hydrogen (secondary N) is 2. The minimum absolute atomic E-state index is 0.0294. The molecule has 1 aliphatic heterocycles. The van der Waals surface area contributed by atoms with Gasteiger partial charge in [-0.25, -0.2) is 0 Å². The molecule has 1 heterocycles. The van der Waals surface area contributed by atoms with Crippen LogP contribution in [-0.4, -0.2) is 29.7 Å². The summed E-state index contributed by atoms with van der Waals surface area (Å²) in [5.74, 6) is 0.195. The fourth-order valence-corrected chi connectivity index (χ4v) is 3.86. The van der Waals surface area contributed by atoms with Crippen LogP contribution < -0.4 is 10.6 Å². The van der Waals surface area contributed by atoms with Gasteiger partial charge < -0.3 is 15.7 Å². The predicted molar refractivity (Wildman–Crippen MR) is 104 cm³/mol. The Morgan fingerprint density at radius 3 is 2.59 bits per heavy atom. The van der Waals surface area contributed by atoms with E-state index in [0.29, 0.717) is 25.1 Å². The van der Waals surface area contributed by atoms with Crippen LogP contribution in [0.2, 0.25) is 0 Å². The third-order valence-electron chi connectivity index (χ3n) is 5.13. The maximum atomic E-state index is 12.9. The van der Waals surface area contributed by atoms with Crippen molar-refractivity contribution >= 4 is 5.91 Å². The van der Waals surface area contributed by atoms with E-state index in [9.17, 15) is 9.90 Å². The molecule has 140 valence electrons. The second-order valence-electron chi connectivity index (χ2n) is 7.19. The first-order valence-corrected chi connectivity index (χ1v) is 9.31. The van der Waals surface area contributed by atoms with Crippen LogP contribution in [0.3, 0.4) is 0 Å². The van der Waals surface area contributed by atoms with Gasteiger partial charge in [0.15, 0.2) is 0 Å². The monoisotopic (exact) mass is 363 g/mol. The van der Waals surface area contributed by atoms with Crippen molar-refractivity contribution in [3.05, 3.63) is 71.3 Å². The van der Waals surface area contributed by atoms with Gasteiger partial charge in [-0.05, 0) is 49.1 Å². The molecule has 1 saturated heterocycles. The molecule has 0 radical (unpaired) electrons. The average molecular weight is 363 g/mol. The molecular formula is C22H25N3O2. The first kappa shape index (κ1) is 19.1. The molecule has 3 rings (SSSR count). The topological polar surface area (TPSA) is 85.2 Å². The molecule has 2 aromatic carbocycles. The quantitative estimate of drug-likeness (QED) is 0.735. The Balaban J connectivity index is 1.70. The minimum atomic E-state index is -0.400. The van der Waals surface area contributed by atoms with Crippen molar-refractivity contribution in [2.45, 2.75) is 38.0 Å². The van der Waals surface area contributed by atoms with E-state index in [1.54, 1.807) is 19.1 Å². The molecule has 0 aromatic heterocycles. The number of carbonyl (C=O) groups excluding carboxylic acids is 1. The van der Waals surface area contributed by atoms with Crippen LogP contribution in [0.5, 0.6) is 0 Å². The summed E-state index contributed by atoms with van der Waals surface area (Å²) in [6.45, 7) is 2.92. The molecule has 3 unspecified atom stereocenters. The molecule has 0 saturated carbocycles. The molecule has 3 N–H and O–H groups in total. The highest BCUT2D eigenvalue weighted by Crippen LogP contribution is 2.35. The lowest BCUT2D eigenvalue weighted by molar-refractivity contribution is -0.123. The number of rotatable bonds is 6. The van der Waals surface area contributed by atoms with Crippen LogP contribution in [0.15, 0.2) is 54.6 Å². The largest absolute Gasteiger partial charge is 0.393 e. The lowest BCUT2D eigenvalue weighted by Gasteiger charge is -2.25. The zero-order valence-electron chi connectivity index (χ0n) is 15.4. The van der Waals surface area contributed by atoms with Crippen molar-refractivity contribution in [3.63, 3.8) is 0 Å². The molecule has 5 nitrogen and oxygen atoms in total. The average Bonchev–Trinajstić information content (AvgIpc) is 3.10. The molecule has 1 fully saturated rings. The first-order valence-electron chi connectivity index (χ1n) is 9.31.